The highest BCUT2D eigenvalue weighted by Crippen LogP contribution is 2.57. The minimum atomic E-state index is -0.395. The number of carbonyl (C=O) groups is 2. The molecule has 3 aliphatic heterocycles. The Hall–Kier alpha value is -3.37. The lowest BCUT2D eigenvalue weighted by Crippen LogP contribution is -2.83. The van der Waals surface area contributed by atoms with Crippen molar-refractivity contribution in [3.05, 3.63) is 41.9 Å². The number of hydrogen-bond acceptors (Lipinski definition) is 8. The molecule has 38 heavy (non-hydrogen) atoms. The Morgan fingerprint density at radius 3 is 2.45 bits per heavy atom. The normalized spacial score (nSPS) is 28.4. The third-order valence-corrected chi connectivity index (χ3v) is 9.10. The monoisotopic (exact) mass is 515 g/mol. The predicted molar refractivity (Wildman–Crippen MR) is 142 cm³/mol. The van der Waals surface area contributed by atoms with E-state index in [2.05, 4.69) is 24.8 Å². The average Bonchev–Trinajstić information content (AvgIpc) is 3.53. The molecule has 10 heteroatoms. The Kier molecular flexibility index (Phi) is 5.35. The molecule has 0 radical (unpaired) electrons. The van der Waals surface area contributed by atoms with Gasteiger partial charge in [0.25, 0.3) is 5.91 Å². The van der Waals surface area contributed by atoms with Gasteiger partial charge in [0.2, 0.25) is 5.95 Å². The fraction of sp³-hybridized carbons (Fsp3) is 0.536. The quantitative estimate of drug-likeness (QED) is 0.481. The Morgan fingerprint density at radius 1 is 1.05 bits per heavy atom. The first-order chi connectivity index (χ1) is 18.3. The summed E-state index contributed by atoms with van der Waals surface area (Å²) in [6.07, 6.45) is 10.7. The summed E-state index contributed by atoms with van der Waals surface area (Å²) in [6.45, 7) is 0. The standard InChI is InChI=1S/C28H33N7O3/c1-33(2)26(38)22-9-17-15-30-27(32-25(17)34(22)18-5-3-4-6-18)31-23-8-7-16(14-29-23)24(37)28-12-19-10-21(36)11-20(13-28)35(19)28/h7-9,14-15,18-21,36H,3-6,10-13H2,1-2H3,(H,29,30,31,32)/t19-,20+,21?,28?. The van der Waals surface area contributed by atoms with Gasteiger partial charge in [0.15, 0.2) is 5.78 Å². The topological polar surface area (TPSA) is 116 Å². The van der Waals surface area contributed by atoms with E-state index >= 15 is 0 Å². The molecule has 1 aliphatic carbocycles. The van der Waals surface area contributed by atoms with Gasteiger partial charge in [-0.3, -0.25) is 14.5 Å². The first-order valence-corrected chi connectivity index (χ1v) is 13.7. The predicted octanol–water partition coefficient (Wildman–Crippen LogP) is 3.31. The van der Waals surface area contributed by atoms with Gasteiger partial charge in [0.1, 0.15) is 17.2 Å². The van der Waals surface area contributed by atoms with Crippen molar-refractivity contribution in [3.63, 3.8) is 0 Å². The summed E-state index contributed by atoms with van der Waals surface area (Å²) >= 11 is 0. The van der Waals surface area contributed by atoms with Crippen LogP contribution in [0.15, 0.2) is 30.6 Å². The van der Waals surface area contributed by atoms with Crippen molar-refractivity contribution >= 4 is 34.5 Å². The second-order valence-corrected chi connectivity index (χ2v) is 11.7. The lowest BCUT2D eigenvalue weighted by atomic mass is 9.57. The second kappa shape index (κ2) is 8.57. The molecular formula is C28H33N7O3. The number of hydrogen-bond donors (Lipinski definition) is 2. The Bertz CT molecular complexity index is 1410. The molecule has 1 saturated carbocycles. The summed E-state index contributed by atoms with van der Waals surface area (Å²) in [6, 6.07) is 6.41. The van der Waals surface area contributed by atoms with Crippen LogP contribution < -0.4 is 5.32 Å². The molecule has 4 atom stereocenters. The number of aromatic nitrogens is 4. The summed E-state index contributed by atoms with van der Waals surface area (Å²) in [5, 5.41) is 14.0. The van der Waals surface area contributed by atoms with Crippen LogP contribution in [0.2, 0.25) is 0 Å². The number of carbonyl (C=O) groups excluding carboxylic acids is 2. The minimum Gasteiger partial charge on any atom is -0.393 e. The van der Waals surface area contributed by atoms with Gasteiger partial charge < -0.3 is 19.9 Å². The zero-order chi connectivity index (χ0) is 26.2. The zero-order valence-corrected chi connectivity index (χ0v) is 21.8. The molecule has 0 aromatic carbocycles. The van der Waals surface area contributed by atoms with Gasteiger partial charge >= 0.3 is 0 Å². The number of nitrogens with one attached hydrogen (secondary N) is 1. The van der Waals surface area contributed by atoms with Gasteiger partial charge in [-0.05, 0) is 56.7 Å². The lowest BCUT2D eigenvalue weighted by Gasteiger charge is -2.72. The Labute approximate surface area is 221 Å². The van der Waals surface area contributed by atoms with Crippen LogP contribution in [0.4, 0.5) is 11.8 Å². The first kappa shape index (κ1) is 23.7. The maximum absolute atomic E-state index is 13.4. The summed E-state index contributed by atoms with van der Waals surface area (Å²) in [5.41, 5.74) is 1.60. The molecule has 10 nitrogen and oxygen atoms in total. The molecule has 2 unspecified atom stereocenters. The second-order valence-electron chi connectivity index (χ2n) is 11.7. The number of rotatable bonds is 6. The molecule has 0 spiro atoms. The molecule has 2 N–H and O–H groups in total. The highest BCUT2D eigenvalue weighted by Gasteiger charge is 2.68. The van der Waals surface area contributed by atoms with Crippen LogP contribution in [-0.2, 0) is 0 Å². The summed E-state index contributed by atoms with van der Waals surface area (Å²) in [7, 11) is 3.53. The number of piperidine rings is 2. The van der Waals surface area contributed by atoms with Crippen molar-refractivity contribution in [2.45, 2.75) is 81.1 Å². The number of pyridine rings is 1. The van der Waals surface area contributed by atoms with E-state index in [4.69, 9.17) is 4.98 Å². The van der Waals surface area contributed by atoms with Crippen LogP contribution in [-0.4, -0.2) is 83.9 Å². The van der Waals surface area contributed by atoms with E-state index in [1.807, 2.05) is 12.1 Å². The number of aliphatic hydroxyl groups excluding tert-OH is 1. The molecule has 3 saturated heterocycles. The molecule has 3 aromatic rings. The van der Waals surface area contributed by atoms with Crippen LogP contribution in [0, 0.1) is 0 Å². The number of Topliss-reactive ketones (excluding diaryl/α,β-unsaturated/α-hetero) is 1. The number of ketones is 1. The van der Waals surface area contributed by atoms with Crippen LogP contribution in [0.1, 0.15) is 78.3 Å². The van der Waals surface area contributed by atoms with Crippen LogP contribution >= 0.6 is 0 Å². The van der Waals surface area contributed by atoms with E-state index in [9.17, 15) is 14.7 Å². The molecule has 7 rings (SSSR count). The molecule has 4 aliphatic rings. The van der Waals surface area contributed by atoms with Crippen molar-refractivity contribution < 1.29 is 14.7 Å². The van der Waals surface area contributed by atoms with E-state index in [0.717, 1.165) is 62.4 Å². The van der Waals surface area contributed by atoms with Crippen molar-refractivity contribution in [3.8, 4) is 0 Å². The largest absolute Gasteiger partial charge is 0.393 e. The number of amides is 1. The van der Waals surface area contributed by atoms with Gasteiger partial charge in [-0.2, -0.15) is 4.98 Å². The number of anilines is 2. The van der Waals surface area contributed by atoms with Crippen molar-refractivity contribution in [2.75, 3.05) is 19.4 Å². The zero-order valence-electron chi connectivity index (χ0n) is 21.8. The number of fused-ring (bicyclic) bond motifs is 1. The lowest BCUT2D eigenvalue weighted by molar-refractivity contribution is -0.209. The van der Waals surface area contributed by atoms with Gasteiger partial charge in [0, 0.05) is 55.6 Å². The van der Waals surface area contributed by atoms with Crippen LogP contribution in [0.5, 0.6) is 0 Å². The molecule has 198 valence electrons. The van der Waals surface area contributed by atoms with E-state index in [1.54, 1.807) is 37.5 Å². The average molecular weight is 516 g/mol. The molecule has 1 amide bonds. The molecule has 6 heterocycles. The fourth-order valence-corrected chi connectivity index (χ4v) is 7.44. The van der Waals surface area contributed by atoms with Gasteiger partial charge in [0.05, 0.1) is 11.6 Å². The smallest absolute Gasteiger partial charge is 0.270 e. The minimum absolute atomic E-state index is 0.0397. The fourth-order valence-electron chi connectivity index (χ4n) is 7.44. The summed E-state index contributed by atoms with van der Waals surface area (Å²) < 4.78 is 2.09. The van der Waals surface area contributed by atoms with Gasteiger partial charge in [-0.15, -0.1) is 0 Å². The summed E-state index contributed by atoms with van der Waals surface area (Å²) in [4.78, 5) is 44.0. The van der Waals surface area contributed by atoms with Crippen molar-refractivity contribution in [2.24, 2.45) is 0 Å². The summed E-state index contributed by atoms with van der Waals surface area (Å²) in [5.74, 6) is 1.05. The molecule has 4 fully saturated rings. The SMILES string of the molecule is CN(C)C(=O)c1cc2cnc(Nc3ccc(C(=O)C45C[C@H]6CC(O)C[C@@H](C4)N65)cn3)nc2n1C1CCCC1. The van der Waals surface area contributed by atoms with E-state index < -0.39 is 5.54 Å². The highest BCUT2D eigenvalue weighted by atomic mass is 16.3. The van der Waals surface area contributed by atoms with E-state index in [-0.39, 0.29) is 23.8 Å². The van der Waals surface area contributed by atoms with Gasteiger partial charge in [-0.1, -0.05) is 12.8 Å². The van der Waals surface area contributed by atoms with Gasteiger partial charge in [-0.25, -0.2) is 9.97 Å². The maximum Gasteiger partial charge on any atom is 0.270 e. The third kappa shape index (κ3) is 3.50. The van der Waals surface area contributed by atoms with Crippen LogP contribution in [0.3, 0.4) is 0 Å². The Morgan fingerprint density at radius 2 is 1.79 bits per heavy atom. The Balaban J connectivity index is 1.12. The molecular weight excluding hydrogens is 482 g/mol. The number of aliphatic hydroxyl groups is 1. The number of nitrogens with zero attached hydrogens (tertiary/aromatic N) is 6. The van der Waals surface area contributed by atoms with Crippen molar-refractivity contribution in [1.82, 2.24) is 29.3 Å². The highest BCUT2D eigenvalue weighted by molar-refractivity contribution is 6.05. The third-order valence-electron chi connectivity index (χ3n) is 9.10. The van der Waals surface area contributed by atoms with E-state index in [0.29, 0.717) is 35.1 Å². The van der Waals surface area contributed by atoms with Crippen LogP contribution in [0.25, 0.3) is 11.0 Å². The van der Waals surface area contributed by atoms with E-state index in [1.165, 1.54) is 0 Å². The first-order valence-electron chi connectivity index (χ1n) is 13.7. The van der Waals surface area contributed by atoms with Crippen molar-refractivity contribution in [1.29, 1.82) is 0 Å². The molecule has 0 bridgehead atoms. The maximum atomic E-state index is 13.4. The molecule has 3 aromatic heterocycles.